The molecule has 0 amide bonds. The Balaban J connectivity index is 1.67. The highest BCUT2D eigenvalue weighted by atomic mass is 16.3. The van der Waals surface area contributed by atoms with Crippen molar-refractivity contribution in [1.82, 2.24) is 0 Å². The second-order valence-corrected chi connectivity index (χ2v) is 11.7. The fourth-order valence-corrected chi connectivity index (χ4v) is 7.05. The Morgan fingerprint density at radius 1 is 1.12 bits per heavy atom. The average Bonchev–Trinajstić information content (AvgIpc) is 3.05. The zero-order chi connectivity index (χ0) is 23.5. The first-order valence-electron chi connectivity index (χ1n) is 12.8. The quantitative estimate of drug-likeness (QED) is 0.412. The lowest BCUT2D eigenvalue weighted by Gasteiger charge is -2.44. The molecule has 0 aromatic rings. The molecule has 0 unspecified atom stereocenters. The van der Waals surface area contributed by atoms with Gasteiger partial charge in [-0.2, -0.15) is 0 Å². The largest absolute Gasteiger partial charge is 0.392 e. The van der Waals surface area contributed by atoms with Gasteiger partial charge in [-0.15, -0.1) is 0 Å². The molecule has 0 heterocycles. The third kappa shape index (κ3) is 5.94. The molecule has 0 spiro atoms. The van der Waals surface area contributed by atoms with Crippen molar-refractivity contribution in [3.05, 3.63) is 34.9 Å². The Kier molecular flexibility index (Phi) is 8.46. The highest BCUT2D eigenvalue weighted by Crippen LogP contribution is 2.60. The van der Waals surface area contributed by atoms with Crippen molar-refractivity contribution in [3.63, 3.8) is 0 Å². The van der Waals surface area contributed by atoms with Gasteiger partial charge in [0.2, 0.25) is 0 Å². The lowest BCUT2D eigenvalue weighted by atomic mass is 9.60. The van der Waals surface area contributed by atoms with Gasteiger partial charge in [-0.1, -0.05) is 56.1 Å². The summed E-state index contributed by atoms with van der Waals surface area (Å²) in [6, 6.07) is 0. The SMILES string of the molecule is C[C@H](CCCC(C)(C)O)[C@H]1CC[C@H]2/C(=C/C=C3C[C@@H](O)C(=CCO)[C@H](O)C3)CCC[C@]12C. The topological polar surface area (TPSA) is 80.9 Å². The van der Waals surface area contributed by atoms with Crippen LogP contribution in [0.25, 0.3) is 0 Å². The molecule has 0 radical (unpaired) electrons. The highest BCUT2D eigenvalue weighted by Gasteiger charge is 2.50. The predicted octanol–water partition coefficient (Wildman–Crippen LogP) is 5.07. The molecule has 0 aromatic heterocycles. The molecule has 3 saturated carbocycles. The first-order chi connectivity index (χ1) is 15.0. The number of fused-ring (bicyclic) bond motifs is 1. The molecule has 0 bridgehead atoms. The van der Waals surface area contributed by atoms with Crippen LogP contribution in [0.1, 0.15) is 91.9 Å². The molecule has 3 aliphatic carbocycles. The van der Waals surface area contributed by atoms with Crippen LogP contribution >= 0.6 is 0 Å². The summed E-state index contributed by atoms with van der Waals surface area (Å²) >= 11 is 0. The lowest BCUT2D eigenvalue weighted by Crippen LogP contribution is -2.36. The van der Waals surface area contributed by atoms with E-state index >= 15 is 0 Å². The van der Waals surface area contributed by atoms with Crippen LogP contribution in [-0.4, -0.2) is 44.8 Å². The van der Waals surface area contributed by atoms with E-state index in [4.69, 9.17) is 5.11 Å². The molecule has 3 aliphatic rings. The van der Waals surface area contributed by atoms with Gasteiger partial charge in [-0.05, 0) is 94.0 Å². The van der Waals surface area contributed by atoms with E-state index in [1.165, 1.54) is 32.1 Å². The monoisotopic (exact) mass is 446 g/mol. The van der Waals surface area contributed by atoms with E-state index < -0.39 is 17.8 Å². The van der Waals surface area contributed by atoms with Gasteiger partial charge in [0.15, 0.2) is 0 Å². The van der Waals surface area contributed by atoms with Crippen LogP contribution < -0.4 is 0 Å². The first-order valence-corrected chi connectivity index (χ1v) is 12.8. The third-order valence-electron chi connectivity index (χ3n) is 8.71. The van der Waals surface area contributed by atoms with Crippen molar-refractivity contribution in [2.24, 2.45) is 23.2 Å². The smallest absolute Gasteiger partial charge is 0.0813 e. The van der Waals surface area contributed by atoms with E-state index in [0.717, 1.165) is 30.8 Å². The van der Waals surface area contributed by atoms with Gasteiger partial charge in [0, 0.05) is 0 Å². The molecule has 4 N–H and O–H groups in total. The molecule has 3 rings (SSSR count). The lowest BCUT2D eigenvalue weighted by molar-refractivity contribution is 0.0596. The number of aliphatic hydroxyl groups excluding tert-OH is 3. The van der Waals surface area contributed by atoms with E-state index in [1.54, 1.807) is 11.6 Å². The fraction of sp³-hybridized carbons (Fsp3) is 0.786. The second-order valence-electron chi connectivity index (χ2n) is 11.7. The second kappa shape index (κ2) is 10.5. The summed E-state index contributed by atoms with van der Waals surface area (Å²) in [5, 5.41) is 39.9. The summed E-state index contributed by atoms with van der Waals surface area (Å²) in [6.45, 7) is 8.60. The Labute approximate surface area is 195 Å². The maximum absolute atomic E-state index is 10.4. The van der Waals surface area contributed by atoms with Crippen LogP contribution in [-0.2, 0) is 0 Å². The van der Waals surface area contributed by atoms with Gasteiger partial charge in [-0.3, -0.25) is 0 Å². The standard InChI is InChI=1S/C28H46O4/c1-19(7-5-14-27(2,3)32)23-11-12-24-21(8-6-15-28(23,24)4)10-9-20-17-25(30)22(13-16-29)26(31)18-20/h9-10,13,19,23-26,29-32H,5-8,11-12,14-18H2,1-4H3/b20-9?,21-10+,22-13?/t19-,23-,24+,25-,26-,28-/m1/s1. The van der Waals surface area contributed by atoms with Crippen molar-refractivity contribution < 1.29 is 20.4 Å². The zero-order valence-electron chi connectivity index (χ0n) is 20.7. The molecule has 6 atom stereocenters. The van der Waals surface area contributed by atoms with Crippen LogP contribution in [0.2, 0.25) is 0 Å². The van der Waals surface area contributed by atoms with Crippen LogP contribution in [0.4, 0.5) is 0 Å². The minimum Gasteiger partial charge on any atom is -0.392 e. The number of allylic oxidation sites excluding steroid dienone is 3. The van der Waals surface area contributed by atoms with Gasteiger partial charge in [0.1, 0.15) is 0 Å². The molecule has 0 aliphatic heterocycles. The van der Waals surface area contributed by atoms with Crippen molar-refractivity contribution >= 4 is 0 Å². The number of hydrogen-bond donors (Lipinski definition) is 4. The van der Waals surface area contributed by atoms with Crippen LogP contribution in [0.3, 0.4) is 0 Å². The molecule has 4 nitrogen and oxygen atoms in total. The zero-order valence-corrected chi connectivity index (χ0v) is 20.7. The Morgan fingerprint density at radius 2 is 1.81 bits per heavy atom. The highest BCUT2D eigenvalue weighted by molar-refractivity contribution is 5.30. The molecule has 3 fully saturated rings. The summed E-state index contributed by atoms with van der Waals surface area (Å²) < 4.78 is 0. The maximum Gasteiger partial charge on any atom is 0.0813 e. The van der Waals surface area contributed by atoms with Gasteiger partial charge in [-0.25, -0.2) is 0 Å². The first kappa shape index (κ1) is 25.7. The minimum absolute atomic E-state index is 0.149. The minimum atomic E-state index is -0.701. The van der Waals surface area contributed by atoms with Crippen molar-refractivity contribution in [2.75, 3.05) is 6.61 Å². The Morgan fingerprint density at radius 3 is 2.44 bits per heavy atom. The molecular formula is C28H46O4. The Bertz CT molecular complexity index is 712. The van der Waals surface area contributed by atoms with Gasteiger partial charge in [0.25, 0.3) is 0 Å². The van der Waals surface area contributed by atoms with E-state index in [1.807, 2.05) is 13.8 Å². The van der Waals surface area contributed by atoms with E-state index in [9.17, 15) is 15.3 Å². The summed E-state index contributed by atoms with van der Waals surface area (Å²) in [5.74, 6) is 2.07. The predicted molar refractivity (Wildman–Crippen MR) is 130 cm³/mol. The number of rotatable bonds is 7. The number of hydrogen-bond acceptors (Lipinski definition) is 4. The number of aliphatic hydroxyl groups is 4. The van der Waals surface area contributed by atoms with Gasteiger partial charge in [0.05, 0.1) is 24.4 Å². The van der Waals surface area contributed by atoms with Crippen LogP contribution in [0, 0.1) is 23.2 Å². The summed E-state index contributed by atoms with van der Waals surface area (Å²) in [6.07, 6.45) is 15.1. The van der Waals surface area contributed by atoms with E-state index in [2.05, 4.69) is 26.0 Å². The Hall–Kier alpha value is -0.940. The van der Waals surface area contributed by atoms with E-state index in [0.29, 0.717) is 35.7 Å². The molecule has 0 aromatic carbocycles. The van der Waals surface area contributed by atoms with Crippen molar-refractivity contribution in [1.29, 1.82) is 0 Å². The fourth-order valence-electron chi connectivity index (χ4n) is 7.05. The molecule has 4 heteroatoms. The van der Waals surface area contributed by atoms with Crippen molar-refractivity contribution in [2.45, 2.75) is 110 Å². The normalized spacial score (nSPS) is 35.7. The molecule has 32 heavy (non-hydrogen) atoms. The van der Waals surface area contributed by atoms with E-state index in [-0.39, 0.29) is 6.61 Å². The molecular weight excluding hydrogens is 400 g/mol. The van der Waals surface area contributed by atoms with Crippen LogP contribution in [0.15, 0.2) is 34.9 Å². The molecule has 0 saturated heterocycles. The third-order valence-corrected chi connectivity index (χ3v) is 8.71. The van der Waals surface area contributed by atoms with Gasteiger partial charge < -0.3 is 20.4 Å². The molecule has 182 valence electrons. The summed E-state index contributed by atoms with van der Waals surface area (Å²) in [5.41, 5.74) is 3.00. The van der Waals surface area contributed by atoms with Crippen LogP contribution in [0.5, 0.6) is 0 Å². The van der Waals surface area contributed by atoms with Crippen molar-refractivity contribution in [3.8, 4) is 0 Å². The average molecular weight is 447 g/mol. The summed E-state index contributed by atoms with van der Waals surface area (Å²) in [4.78, 5) is 0. The van der Waals surface area contributed by atoms with Gasteiger partial charge >= 0.3 is 0 Å². The maximum atomic E-state index is 10.4. The summed E-state index contributed by atoms with van der Waals surface area (Å²) in [7, 11) is 0.